The summed E-state index contributed by atoms with van der Waals surface area (Å²) in [5.41, 5.74) is 6.97. The molecule has 0 heterocycles. The van der Waals surface area contributed by atoms with E-state index in [1.165, 1.54) is 0 Å². The molecule has 5 heteroatoms. The number of benzene rings is 2. The molecule has 0 aliphatic heterocycles. The summed E-state index contributed by atoms with van der Waals surface area (Å²) in [4.78, 5) is 25.0. The zero-order valence-electron chi connectivity index (χ0n) is 14.8. The van der Waals surface area contributed by atoms with Gasteiger partial charge in [0.15, 0.2) is 0 Å². The summed E-state index contributed by atoms with van der Waals surface area (Å²) in [7, 11) is 0. The Labute approximate surface area is 148 Å². The Hall–Kier alpha value is -2.82. The first-order valence-electron chi connectivity index (χ1n) is 8.18. The van der Waals surface area contributed by atoms with Crippen LogP contribution in [0.3, 0.4) is 0 Å². The second kappa shape index (κ2) is 7.83. The lowest BCUT2D eigenvalue weighted by Gasteiger charge is -2.24. The highest BCUT2D eigenvalue weighted by atomic mass is 16.6. The highest BCUT2D eigenvalue weighted by molar-refractivity contribution is 5.97. The quantitative estimate of drug-likeness (QED) is 0.648. The number of hydrogen-bond donors (Lipinski definition) is 2. The van der Waals surface area contributed by atoms with Crippen molar-refractivity contribution in [3.05, 3.63) is 65.7 Å². The SMILES string of the molecule is CC(C)(C)OC(=O)[C@H](Cc1ccccc1)NC(=O)c1ccc(N)cc1. The van der Waals surface area contributed by atoms with Gasteiger partial charge in [0.25, 0.3) is 5.91 Å². The fourth-order valence-electron chi connectivity index (χ4n) is 2.29. The van der Waals surface area contributed by atoms with E-state index in [4.69, 9.17) is 10.5 Å². The smallest absolute Gasteiger partial charge is 0.329 e. The van der Waals surface area contributed by atoms with Crippen LogP contribution in [0.15, 0.2) is 54.6 Å². The molecule has 132 valence electrons. The molecule has 1 amide bonds. The number of carbonyl (C=O) groups excluding carboxylic acids is 2. The molecule has 25 heavy (non-hydrogen) atoms. The number of nitrogens with two attached hydrogens (primary N) is 1. The maximum absolute atomic E-state index is 12.5. The van der Waals surface area contributed by atoms with Gasteiger partial charge >= 0.3 is 5.97 Å². The monoisotopic (exact) mass is 340 g/mol. The molecule has 0 saturated carbocycles. The molecular formula is C20H24N2O3. The van der Waals surface area contributed by atoms with Crippen LogP contribution >= 0.6 is 0 Å². The van der Waals surface area contributed by atoms with Gasteiger partial charge in [-0.25, -0.2) is 4.79 Å². The fraction of sp³-hybridized carbons (Fsp3) is 0.300. The average Bonchev–Trinajstić information content (AvgIpc) is 2.54. The predicted molar refractivity (Wildman–Crippen MR) is 98.1 cm³/mol. The second-order valence-corrected chi connectivity index (χ2v) is 6.87. The molecule has 0 radical (unpaired) electrons. The molecule has 0 fully saturated rings. The summed E-state index contributed by atoms with van der Waals surface area (Å²) in [6.45, 7) is 5.39. The maximum atomic E-state index is 12.5. The van der Waals surface area contributed by atoms with Gasteiger partial charge in [-0.2, -0.15) is 0 Å². The van der Waals surface area contributed by atoms with E-state index in [1.54, 1.807) is 45.0 Å². The van der Waals surface area contributed by atoms with Gasteiger partial charge in [0.1, 0.15) is 11.6 Å². The number of anilines is 1. The molecule has 0 aliphatic carbocycles. The van der Waals surface area contributed by atoms with Gasteiger partial charge in [0, 0.05) is 17.7 Å². The Kier molecular flexibility index (Phi) is 5.80. The Morgan fingerprint density at radius 1 is 1.04 bits per heavy atom. The summed E-state index contributed by atoms with van der Waals surface area (Å²) >= 11 is 0. The van der Waals surface area contributed by atoms with Crippen LogP contribution in [-0.4, -0.2) is 23.5 Å². The van der Waals surface area contributed by atoms with Crippen molar-refractivity contribution in [1.82, 2.24) is 5.32 Å². The number of ether oxygens (including phenoxy) is 1. The minimum absolute atomic E-state index is 0.341. The molecule has 5 nitrogen and oxygen atoms in total. The molecule has 0 bridgehead atoms. The molecule has 2 aromatic rings. The summed E-state index contributed by atoms with van der Waals surface area (Å²) in [6.07, 6.45) is 0.358. The normalized spacial score (nSPS) is 12.3. The van der Waals surface area contributed by atoms with Gasteiger partial charge in [-0.1, -0.05) is 30.3 Å². The number of amides is 1. The Balaban J connectivity index is 2.16. The van der Waals surface area contributed by atoms with E-state index in [1.807, 2.05) is 30.3 Å². The Bertz CT molecular complexity index is 719. The molecule has 0 aliphatic rings. The van der Waals surface area contributed by atoms with Gasteiger partial charge in [0.05, 0.1) is 0 Å². The van der Waals surface area contributed by atoms with E-state index in [0.29, 0.717) is 17.7 Å². The lowest BCUT2D eigenvalue weighted by Crippen LogP contribution is -2.45. The van der Waals surface area contributed by atoms with E-state index in [0.717, 1.165) is 5.56 Å². The predicted octanol–water partition coefficient (Wildman–Crippen LogP) is 2.95. The summed E-state index contributed by atoms with van der Waals surface area (Å²) in [5.74, 6) is -0.799. The first-order valence-corrected chi connectivity index (χ1v) is 8.18. The number of esters is 1. The second-order valence-electron chi connectivity index (χ2n) is 6.87. The van der Waals surface area contributed by atoms with E-state index >= 15 is 0 Å². The number of carbonyl (C=O) groups is 2. The molecule has 1 atom stereocenters. The van der Waals surface area contributed by atoms with E-state index in [9.17, 15) is 9.59 Å². The average molecular weight is 340 g/mol. The third kappa shape index (κ3) is 5.95. The van der Waals surface area contributed by atoms with E-state index in [2.05, 4.69) is 5.32 Å². The fourth-order valence-corrected chi connectivity index (χ4v) is 2.29. The lowest BCUT2D eigenvalue weighted by molar-refractivity contribution is -0.157. The van der Waals surface area contributed by atoms with Crippen molar-refractivity contribution in [3.8, 4) is 0 Å². The van der Waals surface area contributed by atoms with Crippen LogP contribution < -0.4 is 11.1 Å². The van der Waals surface area contributed by atoms with Crippen molar-refractivity contribution in [3.63, 3.8) is 0 Å². The summed E-state index contributed by atoms with van der Waals surface area (Å²) in [6, 6.07) is 15.3. The van der Waals surface area contributed by atoms with Gasteiger partial charge in [-0.05, 0) is 50.6 Å². The first-order chi connectivity index (χ1) is 11.7. The van der Waals surface area contributed by atoms with Crippen LogP contribution in [0.25, 0.3) is 0 Å². The zero-order valence-corrected chi connectivity index (χ0v) is 14.8. The molecule has 0 saturated heterocycles. The van der Waals surface area contributed by atoms with Gasteiger partial charge in [0.2, 0.25) is 0 Å². The molecule has 0 spiro atoms. The lowest BCUT2D eigenvalue weighted by atomic mass is 10.0. The van der Waals surface area contributed by atoms with Crippen molar-refractivity contribution in [2.75, 3.05) is 5.73 Å². The highest BCUT2D eigenvalue weighted by Crippen LogP contribution is 2.13. The largest absolute Gasteiger partial charge is 0.458 e. The van der Waals surface area contributed by atoms with Crippen molar-refractivity contribution >= 4 is 17.6 Å². The van der Waals surface area contributed by atoms with Crippen molar-refractivity contribution < 1.29 is 14.3 Å². The summed E-state index contributed by atoms with van der Waals surface area (Å²) < 4.78 is 5.45. The molecule has 0 aromatic heterocycles. The highest BCUT2D eigenvalue weighted by Gasteiger charge is 2.27. The van der Waals surface area contributed by atoms with Gasteiger partial charge in [-0.15, -0.1) is 0 Å². The minimum Gasteiger partial charge on any atom is -0.458 e. The van der Waals surface area contributed by atoms with Crippen LogP contribution in [0.4, 0.5) is 5.69 Å². The number of rotatable bonds is 5. The van der Waals surface area contributed by atoms with Crippen LogP contribution in [0, 0.1) is 0 Å². The number of hydrogen-bond acceptors (Lipinski definition) is 4. The van der Waals surface area contributed by atoms with Crippen molar-refractivity contribution in [2.45, 2.75) is 38.8 Å². The Morgan fingerprint density at radius 2 is 1.64 bits per heavy atom. The third-order valence-corrected chi connectivity index (χ3v) is 3.45. The molecular weight excluding hydrogens is 316 g/mol. The number of nitrogen functional groups attached to an aromatic ring is 1. The Morgan fingerprint density at radius 3 is 2.20 bits per heavy atom. The maximum Gasteiger partial charge on any atom is 0.329 e. The van der Waals surface area contributed by atoms with Crippen LogP contribution in [-0.2, 0) is 16.0 Å². The molecule has 2 rings (SSSR count). The van der Waals surface area contributed by atoms with Crippen LogP contribution in [0.2, 0.25) is 0 Å². The third-order valence-electron chi connectivity index (χ3n) is 3.45. The minimum atomic E-state index is -0.772. The van der Waals surface area contributed by atoms with E-state index in [-0.39, 0.29) is 5.91 Å². The van der Waals surface area contributed by atoms with Gasteiger partial charge < -0.3 is 15.8 Å². The summed E-state index contributed by atoms with van der Waals surface area (Å²) in [5, 5.41) is 2.77. The zero-order chi connectivity index (χ0) is 18.4. The first kappa shape index (κ1) is 18.5. The molecule has 3 N–H and O–H groups in total. The number of nitrogens with one attached hydrogen (secondary N) is 1. The standard InChI is InChI=1S/C20H24N2O3/c1-20(2,3)25-19(24)17(13-14-7-5-4-6-8-14)22-18(23)15-9-11-16(21)12-10-15/h4-12,17H,13,21H2,1-3H3,(H,22,23)/t17-/m0/s1. The van der Waals surface area contributed by atoms with Crippen molar-refractivity contribution in [1.29, 1.82) is 0 Å². The topological polar surface area (TPSA) is 81.4 Å². The van der Waals surface area contributed by atoms with Gasteiger partial charge in [-0.3, -0.25) is 4.79 Å². The molecule has 0 unspecified atom stereocenters. The van der Waals surface area contributed by atoms with E-state index < -0.39 is 17.6 Å². The molecule has 2 aromatic carbocycles. The van der Waals surface area contributed by atoms with Crippen LogP contribution in [0.5, 0.6) is 0 Å². The van der Waals surface area contributed by atoms with Crippen LogP contribution in [0.1, 0.15) is 36.7 Å². The van der Waals surface area contributed by atoms with Crippen molar-refractivity contribution in [2.24, 2.45) is 0 Å².